The van der Waals surface area contributed by atoms with E-state index in [1.807, 2.05) is 60.7 Å². The van der Waals surface area contributed by atoms with E-state index < -0.39 is 12.2 Å². The molecule has 1 aromatic heterocycles. The van der Waals surface area contributed by atoms with Crippen molar-refractivity contribution in [2.45, 2.75) is 20.1 Å². The number of aromatic nitrogens is 1. The van der Waals surface area contributed by atoms with E-state index in [0.29, 0.717) is 17.2 Å². The van der Waals surface area contributed by atoms with Gasteiger partial charge in [0.1, 0.15) is 0 Å². The maximum Gasteiger partial charge on any atom is 0.308 e. The van der Waals surface area contributed by atoms with Gasteiger partial charge in [-0.2, -0.15) is 5.01 Å². The van der Waals surface area contributed by atoms with Crippen LogP contribution in [-0.4, -0.2) is 34.9 Å². The van der Waals surface area contributed by atoms with Crippen molar-refractivity contribution < 1.29 is 23.8 Å². The van der Waals surface area contributed by atoms with E-state index in [4.69, 9.17) is 19.2 Å². The Labute approximate surface area is 207 Å². The number of methoxy groups -OCH3 is 1. The van der Waals surface area contributed by atoms with Crippen molar-refractivity contribution in [3.63, 3.8) is 0 Å². The minimum absolute atomic E-state index is 0.273. The zero-order valence-electron chi connectivity index (χ0n) is 20.0. The molecule has 4 aromatic rings. The van der Waals surface area contributed by atoms with Gasteiger partial charge in [-0.25, -0.2) is 4.98 Å². The summed E-state index contributed by atoms with van der Waals surface area (Å²) >= 11 is 0. The van der Waals surface area contributed by atoms with Crippen molar-refractivity contribution >= 4 is 28.7 Å². The fraction of sp³-hybridized carbons (Fsp3) is 0.143. The summed E-state index contributed by atoms with van der Waals surface area (Å²) in [6, 6.07) is 24.4. The smallest absolute Gasteiger partial charge is 0.308 e. The fourth-order valence-corrected chi connectivity index (χ4v) is 4.08. The molecule has 1 amide bonds. The molecule has 8 nitrogen and oxygen atoms in total. The number of pyridine rings is 1. The average molecular weight is 482 g/mol. The Morgan fingerprint density at radius 2 is 1.67 bits per heavy atom. The van der Waals surface area contributed by atoms with Crippen molar-refractivity contribution in [2.24, 2.45) is 5.10 Å². The third kappa shape index (κ3) is 4.36. The highest BCUT2D eigenvalue weighted by atomic mass is 16.6. The first-order valence-electron chi connectivity index (χ1n) is 11.3. The van der Waals surface area contributed by atoms with Crippen LogP contribution in [0.2, 0.25) is 0 Å². The van der Waals surface area contributed by atoms with Crippen LogP contribution in [0, 0.1) is 0 Å². The predicted octanol–water partition coefficient (Wildman–Crippen LogP) is 5.07. The monoisotopic (exact) mass is 481 g/mol. The first kappa shape index (κ1) is 23.0. The molecule has 0 saturated heterocycles. The number of rotatable bonds is 5. The van der Waals surface area contributed by atoms with Crippen molar-refractivity contribution in [1.29, 1.82) is 0 Å². The topological polar surface area (TPSA) is 90.3 Å². The molecule has 0 saturated carbocycles. The van der Waals surface area contributed by atoms with Gasteiger partial charge < -0.3 is 14.2 Å². The van der Waals surface area contributed by atoms with Crippen LogP contribution in [0.5, 0.6) is 11.5 Å². The number of amides is 1. The van der Waals surface area contributed by atoms with Crippen LogP contribution in [0.3, 0.4) is 0 Å². The molecule has 0 aliphatic carbocycles. The molecule has 0 radical (unpaired) electrons. The highest BCUT2D eigenvalue weighted by Gasteiger charge is 2.34. The Morgan fingerprint density at radius 1 is 0.917 bits per heavy atom. The molecule has 1 aliphatic rings. The second kappa shape index (κ2) is 9.50. The highest BCUT2D eigenvalue weighted by Crippen LogP contribution is 2.37. The lowest BCUT2D eigenvalue weighted by molar-refractivity contribution is -0.135. The Hall–Kier alpha value is -4.72. The molecule has 0 fully saturated rings. The zero-order chi connectivity index (χ0) is 25.2. The van der Waals surface area contributed by atoms with E-state index in [-0.39, 0.29) is 11.7 Å². The molecule has 3 aromatic carbocycles. The van der Waals surface area contributed by atoms with Crippen LogP contribution >= 0.6 is 0 Å². The second-order valence-corrected chi connectivity index (χ2v) is 8.18. The van der Waals surface area contributed by atoms with E-state index in [1.54, 1.807) is 18.2 Å². The highest BCUT2D eigenvalue weighted by molar-refractivity contribution is 6.08. The van der Waals surface area contributed by atoms with Gasteiger partial charge >= 0.3 is 5.97 Å². The van der Waals surface area contributed by atoms with Gasteiger partial charge in [0.15, 0.2) is 11.5 Å². The maximum absolute atomic E-state index is 12.6. The van der Waals surface area contributed by atoms with E-state index in [0.717, 1.165) is 27.7 Å². The molecule has 1 atom stereocenters. The van der Waals surface area contributed by atoms with Crippen LogP contribution in [-0.2, 0) is 14.3 Å². The lowest BCUT2D eigenvalue weighted by atomic mass is 10.0. The lowest BCUT2D eigenvalue weighted by Crippen LogP contribution is -2.25. The van der Waals surface area contributed by atoms with Gasteiger partial charge in [-0.05, 0) is 30.3 Å². The van der Waals surface area contributed by atoms with Gasteiger partial charge in [0.05, 0.1) is 18.3 Å². The summed E-state index contributed by atoms with van der Waals surface area (Å²) in [7, 11) is 1.47. The third-order valence-electron chi connectivity index (χ3n) is 5.71. The summed E-state index contributed by atoms with van der Waals surface area (Å²) in [5, 5.41) is 6.69. The van der Waals surface area contributed by atoms with Crippen molar-refractivity contribution in [2.75, 3.05) is 7.11 Å². The van der Waals surface area contributed by atoms with Crippen LogP contribution in [0.25, 0.3) is 22.2 Å². The first-order chi connectivity index (χ1) is 17.4. The standard InChI is InChI=1S/C28H23N3O5/c1-17(32)31-28(20-13-14-25(35-18(2)33)26(15-20)34-3)36-27(30-31)22-16-24(19-9-5-4-6-10-19)29-23-12-8-7-11-21(22)23/h4-16,28H,1-3H3/t28-/m0/s1. The van der Waals surface area contributed by atoms with E-state index in [2.05, 4.69) is 5.10 Å². The number of nitrogens with zero attached hydrogens (tertiary/aromatic N) is 3. The molecule has 5 rings (SSSR count). The minimum atomic E-state index is -0.829. The van der Waals surface area contributed by atoms with Crippen molar-refractivity contribution in [3.05, 3.63) is 90.0 Å². The zero-order valence-corrected chi connectivity index (χ0v) is 20.0. The van der Waals surface area contributed by atoms with Crippen molar-refractivity contribution in [3.8, 4) is 22.8 Å². The Balaban J connectivity index is 1.58. The quantitative estimate of drug-likeness (QED) is 0.292. The number of hydrazone groups is 1. The van der Waals surface area contributed by atoms with Gasteiger partial charge in [-0.15, -0.1) is 5.10 Å². The van der Waals surface area contributed by atoms with E-state index in [9.17, 15) is 9.59 Å². The molecule has 1 aliphatic heterocycles. The van der Waals surface area contributed by atoms with Gasteiger partial charge in [0, 0.05) is 35.9 Å². The minimum Gasteiger partial charge on any atom is -0.493 e. The SMILES string of the molecule is COc1cc([C@@H]2OC(c3cc(-c4ccccc4)nc4ccccc34)=NN2C(C)=O)ccc1OC(C)=O. The Bertz CT molecular complexity index is 1500. The van der Waals surface area contributed by atoms with Crippen molar-refractivity contribution in [1.82, 2.24) is 9.99 Å². The van der Waals surface area contributed by atoms with Crippen LogP contribution < -0.4 is 9.47 Å². The molecular weight excluding hydrogens is 458 g/mol. The van der Waals surface area contributed by atoms with Crippen LogP contribution in [0.15, 0.2) is 84.0 Å². The Kier molecular flexibility index (Phi) is 6.08. The molecule has 180 valence electrons. The molecule has 0 bridgehead atoms. The number of benzene rings is 3. The maximum atomic E-state index is 12.6. The predicted molar refractivity (Wildman–Crippen MR) is 134 cm³/mol. The van der Waals surface area contributed by atoms with Gasteiger partial charge in [0.2, 0.25) is 18.0 Å². The summed E-state index contributed by atoms with van der Waals surface area (Å²) in [5.74, 6) is 0.153. The summed E-state index contributed by atoms with van der Waals surface area (Å²) in [4.78, 5) is 28.8. The van der Waals surface area contributed by atoms with Gasteiger partial charge in [-0.1, -0.05) is 48.5 Å². The molecule has 8 heteroatoms. The van der Waals surface area contributed by atoms with Gasteiger partial charge in [0.25, 0.3) is 0 Å². The summed E-state index contributed by atoms with van der Waals surface area (Å²) < 4.78 is 16.9. The number of hydrogen-bond donors (Lipinski definition) is 0. The number of carbonyl (C=O) groups excluding carboxylic acids is 2. The molecule has 2 heterocycles. The number of carbonyl (C=O) groups is 2. The largest absolute Gasteiger partial charge is 0.493 e. The van der Waals surface area contributed by atoms with Gasteiger partial charge in [-0.3, -0.25) is 9.59 Å². The number of fused-ring (bicyclic) bond motifs is 1. The van der Waals surface area contributed by atoms with E-state index >= 15 is 0 Å². The summed E-state index contributed by atoms with van der Waals surface area (Å²) in [6.45, 7) is 2.74. The Morgan fingerprint density at radius 3 is 2.39 bits per heavy atom. The second-order valence-electron chi connectivity index (χ2n) is 8.18. The number of esters is 1. The number of hydrogen-bond acceptors (Lipinski definition) is 7. The summed E-state index contributed by atoms with van der Waals surface area (Å²) in [5.41, 5.74) is 3.83. The third-order valence-corrected chi connectivity index (χ3v) is 5.71. The number of para-hydroxylation sites is 1. The molecular formula is C28H23N3O5. The molecule has 36 heavy (non-hydrogen) atoms. The fourth-order valence-electron chi connectivity index (χ4n) is 4.08. The summed E-state index contributed by atoms with van der Waals surface area (Å²) in [6.07, 6.45) is -0.829. The molecule has 0 N–H and O–H groups in total. The van der Waals surface area contributed by atoms with Crippen LogP contribution in [0.4, 0.5) is 0 Å². The first-order valence-corrected chi connectivity index (χ1v) is 11.3. The lowest BCUT2D eigenvalue weighted by Gasteiger charge is -2.20. The normalized spacial score (nSPS) is 14.8. The van der Waals surface area contributed by atoms with Crippen LogP contribution in [0.1, 0.15) is 31.2 Å². The van der Waals surface area contributed by atoms with E-state index in [1.165, 1.54) is 26.0 Å². The average Bonchev–Trinajstić information content (AvgIpc) is 3.34. The molecule has 0 unspecified atom stereocenters. The molecule has 0 spiro atoms. The number of ether oxygens (including phenoxy) is 3.